The van der Waals surface area contributed by atoms with Gasteiger partial charge in [0, 0.05) is 11.1 Å². The average Bonchev–Trinajstić information content (AvgIpc) is 3.19. The van der Waals surface area contributed by atoms with Crippen LogP contribution in [0.2, 0.25) is 0 Å². The van der Waals surface area contributed by atoms with Crippen LogP contribution in [0, 0.1) is 0 Å². The van der Waals surface area contributed by atoms with Gasteiger partial charge in [-0.05, 0) is 57.9 Å². The molecule has 0 aliphatic carbocycles. The lowest BCUT2D eigenvalue weighted by Crippen LogP contribution is -1.95. The maximum atomic E-state index is 5.83. The monoisotopic (exact) mass is 406 g/mol. The lowest BCUT2D eigenvalue weighted by Gasteiger charge is -2.08. The van der Waals surface area contributed by atoms with E-state index in [1.54, 1.807) is 0 Å². The third kappa shape index (κ3) is 3.68. The first-order chi connectivity index (χ1) is 12.8. The summed E-state index contributed by atoms with van der Waals surface area (Å²) in [5, 5.41) is 8.27. The summed E-state index contributed by atoms with van der Waals surface area (Å²) < 4.78 is 12.6. The fraction of sp³-hybridized carbons (Fsp3) is 0.0476. The van der Waals surface area contributed by atoms with Crippen molar-refractivity contribution in [2.45, 2.75) is 6.61 Å². The Balaban J connectivity index is 1.46. The molecule has 4 aromatic rings. The molecule has 0 N–H and O–H groups in total. The summed E-state index contributed by atoms with van der Waals surface area (Å²) >= 11 is 3.48. The van der Waals surface area contributed by atoms with E-state index < -0.39 is 0 Å². The van der Waals surface area contributed by atoms with Crippen LogP contribution in [-0.2, 0) is 6.61 Å². The van der Waals surface area contributed by atoms with E-state index in [1.165, 1.54) is 0 Å². The zero-order valence-corrected chi connectivity index (χ0v) is 15.4. The maximum absolute atomic E-state index is 5.83. The molecule has 0 fully saturated rings. The summed E-state index contributed by atoms with van der Waals surface area (Å²) in [6, 6.07) is 25.4. The van der Waals surface area contributed by atoms with Gasteiger partial charge in [-0.1, -0.05) is 42.5 Å². The highest BCUT2D eigenvalue weighted by molar-refractivity contribution is 9.10. The number of nitrogens with zero attached hydrogens (tertiary/aromatic N) is 2. The molecule has 0 saturated heterocycles. The van der Waals surface area contributed by atoms with E-state index >= 15 is 0 Å². The van der Waals surface area contributed by atoms with Crippen molar-refractivity contribution >= 4 is 15.9 Å². The van der Waals surface area contributed by atoms with Crippen LogP contribution in [0.25, 0.3) is 22.9 Å². The van der Waals surface area contributed by atoms with Crippen molar-refractivity contribution < 1.29 is 9.15 Å². The van der Waals surface area contributed by atoms with Gasteiger partial charge in [-0.3, -0.25) is 0 Å². The second-order valence-corrected chi connectivity index (χ2v) is 6.55. The van der Waals surface area contributed by atoms with Crippen LogP contribution in [0.1, 0.15) is 5.56 Å². The molecule has 26 heavy (non-hydrogen) atoms. The summed E-state index contributed by atoms with van der Waals surface area (Å²) in [6.07, 6.45) is 0. The molecule has 0 aliphatic heterocycles. The molecule has 0 unspecified atom stereocenters. The summed E-state index contributed by atoms with van der Waals surface area (Å²) in [5.74, 6) is 1.84. The Morgan fingerprint density at radius 2 is 1.35 bits per heavy atom. The molecule has 0 saturated carbocycles. The van der Waals surface area contributed by atoms with Gasteiger partial charge in [0.15, 0.2) is 0 Å². The topological polar surface area (TPSA) is 48.2 Å². The molecule has 0 bridgehead atoms. The highest BCUT2D eigenvalue weighted by Gasteiger charge is 2.10. The van der Waals surface area contributed by atoms with Gasteiger partial charge in [-0.2, -0.15) is 0 Å². The van der Waals surface area contributed by atoms with E-state index in [0.717, 1.165) is 26.9 Å². The van der Waals surface area contributed by atoms with Gasteiger partial charge in [0.25, 0.3) is 0 Å². The van der Waals surface area contributed by atoms with Crippen molar-refractivity contribution in [3.63, 3.8) is 0 Å². The van der Waals surface area contributed by atoms with Gasteiger partial charge in [0.05, 0.1) is 4.47 Å². The Bertz CT molecular complexity index is 998. The van der Waals surface area contributed by atoms with E-state index in [2.05, 4.69) is 26.1 Å². The molecule has 5 heteroatoms. The molecule has 0 spiro atoms. The lowest BCUT2D eigenvalue weighted by atomic mass is 10.1. The number of para-hydroxylation sites is 1. The Morgan fingerprint density at radius 3 is 2.04 bits per heavy atom. The number of hydrogen-bond donors (Lipinski definition) is 0. The highest BCUT2D eigenvalue weighted by atomic mass is 79.9. The first kappa shape index (κ1) is 16.5. The molecule has 1 heterocycles. The number of aromatic nitrogens is 2. The van der Waals surface area contributed by atoms with Gasteiger partial charge in [0.1, 0.15) is 12.4 Å². The fourth-order valence-electron chi connectivity index (χ4n) is 2.50. The van der Waals surface area contributed by atoms with Gasteiger partial charge in [-0.15, -0.1) is 10.2 Å². The smallest absolute Gasteiger partial charge is 0.248 e. The molecule has 4 nitrogen and oxygen atoms in total. The van der Waals surface area contributed by atoms with Crippen LogP contribution in [0.3, 0.4) is 0 Å². The zero-order valence-electron chi connectivity index (χ0n) is 13.8. The van der Waals surface area contributed by atoms with Gasteiger partial charge < -0.3 is 9.15 Å². The summed E-state index contributed by atoms with van der Waals surface area (Å²) in [4.78, 5) is 0. The van der Waals surface area contributed by atoms with Gasteiger partial charge >= 0.3 is 0 Å². The van der Waals surface area contributed by atoms with Crippen molar-refractivity contribution in [2.75, 3.05) is 0 Å². The van der Waals surface area contributed by atoms with E-state index in [1.807, 2.05) is 78.9 Å². The van der Waals surface area contributed by atoms with Crippen molar-refractivity contribution in [2.24, 2.45) is 0 Å². The van der Waals surface area contributed by atoms with Crippen LogP contribution < -0.4 is 4.74 Å². The van der Waals surface area contributed by atoms with Crippen molar-refractivity contribution in [3.05, 3.63) is 88.9 Å². The normalized spacial score (nSPS) is 10.7. The van der Waals surface area contributed by atoms with Gasteiger partial charge in [0.2, 0.25) is 11.8 Å². The van der Waals surface area contributed by atoms with Crippen molar-refractivity contribution in [3.8, 4) is 28.7 Å². The summed E-state index contributed by atoms with van der Waals surface area (Å²) in [6.45, 7) is 0.488. The number of benzene rings is 3. The lowest BCUT2D eigenvalue weighted by molar-refractivity contribution is 0.304. The minimum Gasteiger partial charge on any atom is -0.488 e. The van der Waals surface area contributed by atoms with Crippen LogP contribution >= 0.6 is 15.9 Å². The van der Waals surface area contributed by atoms with Crippen LogP contribution in [-0.4, -0.2) is 10.2 Å². The second kappa shape index (κ2) is 7.54. The number of rotatable bonds is 5. The predicted octanol–water partition coefficient (Wildman–Crippen LogP) is 5.75. The largest absolute Gasteiger partial charge is 0.488 e. The molecule has 0 radical (unpaired) electrons. The highest BCUT2D eigenvalue weighted by Crippen LogP contribution is 2.26. The van der Waals surface area contributed by atoms with Gasteiger partial charge in [-0.25, -0.2) is 0 Å². The summed E-state index contributed by atoms with van der Waals surface area (Å²) in [7, 11) is 0. The third-order valence-corrected chi connectivity index (χ3v) is 4.53. The van der Waals surface area contributed by atoms with E-state index in [-0.39, 0.29) is 0 Å². The second-order valence-electron chi connectivity index (χ2n) is 5.69. The number of halogens is 1. The Morgan fingerprint density at radius 1 is 0.731 bits per heavy atom. The Labute approximate surface area is 159 Å². The first-order valence-electron chi connectivity index (χ1n) is 8.15. The van der Waals surface area contributed by atoms with Crippen LogP contribution in [0.15, 0.2) is 87.8 Å². The Kier molecular flexibility index (Phi) is 4.80. The molecule has 0 aliphatic rings. The number of ether oxygens (including phenoxy) is 1. The minimum absolute atomic E-state index is 0.488. The molecule has 1 aromatic heterocycles. The van der Waals surface area contributed by atoms with E-state index in [4.69, 9.17) is 9.15 Å². The first-order valence-corrected chi connectivity index (χ1v) is 8.94. The summed E-state index contributed by atoms with van der Waals surface area (Å²) in [5.41, 5.74) is 2.85. The fourth-order valence-corrected chi connectivity index (χ4v) is 2.90. The quantitative estimate of drug-likeness (QED) is 0.423. The number of hydrogen-bond acceptors (Lipinski definition) is 4. The van der Waals surface area contributed by atoms with Crippen LogP contribution in [0.4, 0.5) is 0 Å². The molecular weight excluding hydrogens is 392 g/mol. The minimum atomic E-state index is 0.488. The molecule has 0 amide bonds. The standard InChI is InChI=1S/C21H15BrN2O2/c22-18-8-4-5-9-19(18)25-14-15-10-12-17(13-11-15)21-24-23-20(26-21)16-6-2-1-3-7-16/h1-13H,14H2. The van der Waals surface area contributed by atoms with Crippen LogP contribution in [0.5, 0.6) is 5.75 Å². The van der Waals surface area contributed by atoms with E-state index in [9.17, 15) is 0 Å². The zero-order chi connectivity index (χ0) is 17.8. The molecule has 3 aromatic carbocycles. The van der Waals surface area contributed by atoms with Crippen molar-refractivity contribution in [1.82, 2.24) is 10.2 Å². The molecule has 0 atom stereocenters. The molecular formula is C21H15BrN2O2. The Hall–Kier alpha value is -2.92. The maximum Gasteiger partial charge on any atom is 0.248 e. The molecule has 4 rings (SSSR count). The predicted molar refractivity (Wildman–Crippen MR) is 104 cm³/mol. The van der Waals surface area contributed by atoms with Crippen molar-refractivity contribution in [1.29, 1.82) is 0 Å². The SMILES string of the molecule is Brc1ccccc1OCc1ccc(-c2nnc(-c3ccccc3)o2)cc1. The van der Waals surface area contributed by atoms with E-state index in [0.29, 0.717) is 18.4 Å². The molecule has 128 valence electrons. The average molecular weight is 407 g/mol. The third-order valence-electron chi connectivity index (χ3n) is 3.88.